The number of aryl methyl sites for hydroxylation is 1. The molecule has 118 valence electrons. The Balaban J connectivity index is 1.56. The van der Waals surface area contributed by atoms with Gasteiger partial charge in [-0.25, -0.2) is 0 Å². The fourth-order valence-corrected chi connectivity index (χ4v) is 4.55. The minimum atomic E-state index is -0.754. The molecule has 1 aromatic carbocycles. The van der Waals surface area contributed by atoms with Gasteiger partial charge >= 0.3 is 0 Å². The first-order chi connectivity index (χ1) is 10.6. The number of benzene rings is 1. The van der Waals surface area contributed by atoms with Crippen molar-refractivity contribution in [2.45, 2.75) is 69.6 Å². The van der Waals surface area contributed by atoms with Crippen LogP contribution in [0.3, 0.4) is 0 Å². The maximum atomic E-state index is 12.7. The first kappa shape index (κ1) is 14.3. The second-order valence-corrected chi connectivity index (χ2v) is 7.56. The first-order valence-corrected chi connectivity index (χ1v) is 8.68. The third-order valence-corrected chi connectivity index (χ3v) is 6.06. The maximum absolute atomic E-state index is 12.7. The van der Waals surface area contributed by atoms with Crippen molar-refractivity contribution in [3.05, 3.63) is 35.4 Å². The van der Waals surface area contributed by atoms with Crippen molar-refractivity contribution in [2.75, 3.05) is 0 Å². The Labute approximate surface area is 132 Å². The third-order valence-electron chi connectivity index (χ3n) is 6.06. The molecule has 1 aliphatic carbocycles. The summed E-state index contributed by atoms with van der Waals surface area (Å²) in [5.41, 5.74) is 1.48. The van der Waals surface area contributed by atoms with Gasteiger partial charge in [-0.2, -0.15) is 0 Å². The highest BCUT2D eigenvalue weighted by atomic mass is 16.3. The number of rotatable bonds is 2. The van der Waals surface area contributed by atoms with Crippen molar-refractivity contribution < 1.29 is 9.90 Å². The molecule has 2 aliphatic heterocycles. The molecular weight excluding hydrogens is 274 g/mol. The van der Waals surface area contributed by atoms with E-state index in [-0.39, 0.29) is 18.0 Å². The molecule has 22 heavy (non-hydrogen) atoms. The Kier molecular flexibility index (Phi) is 3.30. The molecule has 2 saturated heterocycles. The molecule has 3 heteroatoms. The van der Waals surface area contributed by atoms with Gasteiger partial charge in [0.25, 0.3) is 0 Å². The molecule has 3 nitrogen and oxygen atoms in total. The van der Waals surface area contributed by atoms with Gasteiger partial charge in [-0.05, 0) is 38.2 Å². The van der Waals surface area contributed by atoms with E-state index in [1.165, 1.54) is 12.0 Å². The summed E-state index contributed by atoms with van der Waals surface area (Å²) in [5.74, 6) is 0.637. The lowest BCUT2D eigenvalue weighted by molar-refractivity contribution is -0.149. The summed E-state index contributed by atoms with van der Waals surface area (Å²) in [5, 5.41) is 11.2. The summed E-state index contributed by atoms with van der Waals surface area (Å²) >= 11 is 0. The molecule has 1 amide bonds. The lowest BCUT2D eigenvalue weighted by Gasteiger charge is -2.46. The summed E-state index contributed by atoms with van der Waals surface area (Å²) in [6.45, 7) is 2.07. The normalized spacial score (nSPS) is 34.5. The quantitative estimate of drug-likeness (QED) is 0.911. The van der Waals surface area contributed by atoms with Gasteiger partial charge in [-0.1, -0.05) is 36.2 Å². The van der Waals surface area contributed by atoms with Gasteiger partial charge in [0.1, 0.15) is 0 Å². The number of carbonyl (C=O) groups is 1. The summed E-state index contributed by atoms with van der Waals surface area (Å²) < 4.78 is 0. The number of carbonyl (C=O) groups excluding carboxylic acids is 1. The molecule has 2 atom stereocenters. The number of fused-ring (bicyclic) bond motifs is 2. The average molecular weight is 299 g/mol. The van der Waals surface area contributed by atoms with Gasteiger partial charge in [0, 0.05) is 30.8 Å². The van der Waals surface area contributed by atoms with Crippen LogP contribution in [0, 0.1) is 12.8 Å². The molecule has 1 N–H and O–H groups in total. The van der Waals surface area contributed by atoms with Crippen molar-refractivity contribution in [1.29, 1.82) is 0 Å². The highest BCUT2D eigenvalue weighted by molar-refractivity contribution is 5.80. The van der Waals surface area contributed by atoms with Crippen molar-refractivity contribution in [3.63, 3.8) is 0 Å². The number of amides is 1. The van der Waals surface area contributed by atoms with Crippen molar-refractivity contribution in [1.82, 2.24) is 4.90 Å². The molecule has 2 unspecified atom stereocenters. The lowest BCUT2D eigenvalue weighted by Crippen LogP contribution is -2.54. The van der Waals surface area contributed by atoms with E-state index in [0.29, 0.717) is 18.7 Å². The fourth-order valence-electron chi connectivity index (χ4n) is 4.55. The highest BCUT2D eigenvalue weighted by Crippen LogP contribution is 2.47. The Bertz CT molecular complexity index is 562. The van der Waals surface area contributed by atoms with Gasteiger partial charge in [0.2, 0.25) is 5.91 Å². The van der Waals surface area contributed by atoms with E-state index in [4.69, 9.17) is 0 Å². The standard InChI is InChI=1S/C19H25NO2/c1-13-5-7-15(8-6-13)19(22)11-16-9-10-17(12-19)20(16)18(21)14-3-2-4-14/h5-8,14,16-17,22H,2-4,9-12H2,1H3. The van der Waals surface area contributed by atoms with Crippen LogP contribution >= 0.6 is 0 Å². The molecule has 3 aliphatic rings. The van der Waals surface area contributed by atoms with Crippen LogP contribution in [0.4, 0.5) is 0 Å². The van der Waals surface area contributed by atoms with Gasteiger partial charge in [-0.15, -0.1) is 0 Å². The molecule has 3 fully saturated rings. The average Bonchev–Trinajstić information content (AvgIpc) is 2.70. The van der Waals surface area contributed by atoms with Gasteiger partial charge < -0.3 is 10.0 Å². The molecule has 0 spiro atoms. The second kappa shape index (κ2) is 5.09. The molecule has 0 aromatic heterocycles. The Morgan fingerprint density at radius 1 is 1.09 bits per heavy atom. The van der Waals surface area contributed by atoms with Gasteiger partial charge in [0.05, 0.1) is 5.60 Å². The Morgan fingerprint density at radius 2 is 1.68 bits per heavy atom. The van der Waals surface area contributed by atoms with Crippen LogP contribution in [0.5, 0.6) is 0 Å². The number of piperidine rings is 1. The van der Waals surface area contributed by atoms with E-state index in [0.717, 1.165) is 31.2 Å². The molecular formula is C19H25NO2. The van der Waals surface area contributed by atoms with Crippen LogP contribution in [0.25, 0.3) is 0 Å². The van der Waals surface area contributed by atoms with Crippen molar-refractivity contribution in [3.8, 4) is 0 Å². The molecule has 1 aromatic rings. The maximum Gasteiger partial charge on any atom is 0.226 e. The monoisotopic (exact) mass is 299 g/mol. The number of nitrogens with zero attached hydrogens (tertiary/aromatic N) is 1. The number of aliphatic hydroxyl groups is 1. The van der Waals surface area contributed by atoms with E-state index < -0.39 is 5.60 Å². The second-order valence-electron chi connectivity index (χ2n) is 7.56. The summed E-state index contributed by atoms with van der Waals surface area (Å²) in [6.07, 6.45) is 6.84. The zero-order valence-electron chi connectivity index (χ0n) is 13.3. The van der Waals surface area contributed by atoms with Crippen LogP contribution < -0.4 is 0 Å². The molecule has 2 bridgehead atoms. The number of hydrogen-bond donors (Lipinski definition) is 1. The van der Waals surface area contributed by atoms with Crippen LogP contribution in [0.1, 0.15) is 56.1 Å². The fraction of sp³-hybridized carbons (Fsp3) is 0.632. The summed E-state index contributed by atoms with van der Waals surface area (Å²) in [6, 6.07) is 8.72. The predicted molar refractivity (Wildman–Crippen MR) is 85.3 cm³/mol. The minimum Gasteiger partial charge on any atom is -0.385 e. The zero-order valence-corrected chi connectivity index (χ0v) is 13.3. The third kappa shape index (κ3) is 2.18. The summed E-state index contributed by atoms with van der Waals surface area (Å²) in [7, 11) is 0. The van der Waals surface area contributed by atoms with Gasteiger partial charge in [0.15, 0.2) is 0 Å². The molecule has 1 saturated carbocycles. The Morgan fingerprint density at radius 3 is 2.18 bits per heavy atom. The smallest absolute Gasteiger partial charge is 0.226 e. The highest BCUT2D eigenvalue weighted by Gasteiger charge is 2.51. The lowest BCUT2D eigenvalue weighted by atomic mass is 9.78. The van der Waals surface area contributed by atoms with Crippen LogP contribution in [-0.4, -0.2) is 28.0 Å². The topological polar surface area (TPSA) is 40.5 Å². The van der Waals surface area contributed by atoms with Crippen molar-refractivity contribution >= 4 is 5.91 Å². The molecule has 0 radical (unpaired) electrons. The van der Waals surface area contributed by atoms with E-state index >= 15 is 0 Å². The minimum absolute atomic E-state index is 0.234. The van der Waals surface area contributed by atoms with E-state index in [1.807, 2.05) is 0 Å². The Hall–Kier alpha value is -1.35. The van der Waals surface area contributed by atoms with E-state index in [9.17, 15) is 9.90 Å². The van der Waals surface area contributed by atoms with Crippen molar-refractivity contribution in [2.24, 2.45) is 5.92 Å². The SMILES string of the molecule is Cc1ccc(C2(O)CC3CCC(C2)N3C(=O)C2CCC2)cc1. The molecule has 4 rings (SSSR count). The number of hydrogen-bond acceptors (Lipinski definition) is 2. The predicted octanol–water partition coefficient (Wildman–Crippen LogP) is 3.14. The van der Waals surface area contributed by atoms with E-state index in [2.05, 4.69) is 36.1 Å². The van der Waals surface area contributed by atoms with Crippen LogP contribution in [0.2, 0.25) is 0 Å². The van der Waals surface area contributed by atoms with Crippen LogP contribution in [0.15, 0.2) is 24.3 Å². The zero-order chi connectivity index (χ0) is 15.3. The first-order valence-electron chi connectivity index (χ1n) is 8.68. The van der Waals surface area contributed by atoms with Crippen LogP contribution in [-0.2, 0) is 10.4 Å². The summed E-state index contributed by atoms with van der Waals surface area (Å²) in [4.78, 5) is 14.8. The van der Waals surface area contributed by atoms with Gasteiger partial charge in [-0.3, -0.25) is 4.79 Å². The largest absolute Gasteiger partial charge is 0.385 e. The molecule has 2 heterocycles. The van der Waals surface area contributed by atoms with E-state index in [1.54, 1.807) is 0 Å².